The maximum Gasteiger partial charge on any atom is 0.238 e. The van der Waals surface area contributed by atoms with Gasteiger partial charge in [0.25, 0.3) is 0 Å². The fourth-order valence-electron chi connectivity index (χ4n) is 2.76. The van der Waals surface area contributed by atoms with Crippen LogP contribution < -0.4 is 11.1 Å². The fraction of sp³-hybridized carbons (Fsp3) is 0.562. The van der Waals surface area contributed by atoms with Gasteiger partial charge in [0, 0.05) is 11.7 Å². The molecule has 4 nitrogen and oxygen atoms in total. The first-order valence-electron chi connectivity index (χ1n) is 7.39. The Balaban J connectivity index is 1.78. The maximum atomic E-state index is 12.0. The van der Waals surface area contributed by atoms with E-state index in [0.29, 0.717) is 12.5 Å². The summed E-state index contributed by atoms with van der Waals surface area (Å²) < 4.78 is 0. The van der Waals surface area contributed by atoms with Gasteiger partial charge in [-0.1, -0.05) is 12.1 Å². The van der Waals surface area contributed by atoms with E-state index < -0.39 is 0 Å². The van der Waals surface area contributed by atoms with E-state index in [0.717, 1.165) is 37.2 Å². The number of rotatable bonds is 4. The van der Waals surface area contributed by atoms with Gasteiger partial charge in [0.05, 0.1) is 6.54 Å². The van der Waals surface area contributed by atoms with Gasteiger partial charge >= 0.3 is 0 Å². The van der Waals surface area contributed by atoms with Crippen LogP contribution in [-0.4, -0.2) is 36.5 Å². The second kappa shape index (κ2) is 6.86. The zero-order chi connectivity index (χ0) is 14.5. The topological polar surface area (TPSA) is 58.4 Å². The van der Waals surface area contributed by atoms with Crippen molar-refractivity contribution in [1.29, 1.82) is 0 Å². The fourth-order valence-corrected chi connectivity index (χ4v) is 2.76. The summed E-state index contributed by atoms with van der Waals surface area (Å²) >= 11 is 0. The number of nitrogens with two attached hydrogens (primary N) is 1. The van der Waals surface area contributed by atoms with Crippen molar-refractivity contribution >= 4 is 11.6 Å². The number of likely N-dealkylation sites (tertiary alicyclic amines) is 1. The van der Waals surface area contributed by atoms with E-state index in [2.05, 4.69) is 17.1 Å². The summed E-state index contributed by atoms with van der Waals surface area (Å²) in [6.45, 7) is 6.50. The molecular formula is C16H25N3O. The number of carbonyl (C=O) groups excluding carboxylic acids is 1. The minimum absolute atomic E-state index is 0.0647. The number of hydrogen-bond acceptors (Lipinski definition) is 3. The van der Waals surface area contributed by atoms with Crippen molar-refractivity contribution in [3.05, 3.63) is 29.8 Å². The Hall–Kier alpha value is -1.39. The second-order valence-corrected chi connectivity index (χ2v) is 5.89. The first-order chi connectivity index (χ1) is 9.54. The van der Waals surface area contributed by atoms with Crippen molar-refractivity contribution in [1.82, 2.24) is 4.90 Å². The van der Waals surface area contributed by atoms with Gasteiger partial charge in [0.15, 0.2) is 0 Å². The third kappa shape index (κ3) is 4.32. The van der Waals surface area contributed by atoms with Gasteiger partial charge in [-0.25, -0.2) is 0 Å². The average Bonchev–Trinajstić information content (AvgIpc) is 2.39. The quantitative estimate of drug-likeness (QED) is 0.883. The van der Waals surface area contributed by atoms with E-state index in [1.54, 1.807) is 0 Å². The van der Waals surface area contributed by atoms with Crippen molar-refractivity contribution in [2.45, 2.75) is 32.7 Å². The third-order valence-electron chi connectivity index (χ3n) is 4.04. The van der Waals surface area contributed by atoms with E-state index in [-0.39, 0.29) is 11.9 Å². The Morgan fingerprint density at radius 3 is 2.75 bits per heavy atom. The third-order valence-corrected chi connectivity index (χ3v) is 4.04. The molecule has 0 aromatic heterocycles. The summed E-state index contributed by atoms with van der Waals surface area (Å²) in [4.78, 5) is 14.2. The number of amides is 1. The number of aryl methyl sites for hydroxylation is 1. The average molecular weight is 275 g/mol. The Labute approximate surface area is 121 Å². The van der Waals surface area contributed by atoms with Crippen molar-refractivity contribution in [2.75, 3.05) is 25.0 Å². The lowest BCUT2D eigenvalue weighted by Crippen LogP contribution is -2.42. The smallest absolute Gasteiger partial charge is 0.238 e. The van der Waals surface area contributed by atoms with Gasteiger partial charge in [-0.3, -0.25) is 9.69 Å². The van der Waals surface area contributed by atoms with Gasteiger partial charge in [-0.15, -0.1) is 0 Å². The lowest BCUT2D eigenvalue weighted by molar-refractivity contribution is -0.117. The molecule has 0 spiro atoms. The summed E-state index contributed by atoms with van der Waals surface area (Å²) in [5.74, 6) is 0.668. The van der Waals surface area contributed by atoms with Crippen molar-refractivity contribution in [2.24, 2.45) is 11.7 Å². The standard InChI is InChI=1S/C16H25N3O/c1-12-4-3-5-15(10-12)18-16(20)11-19-8-6-14(7-9-19)13(2)17/h3-5,10,13-14H,6-9,11,17H2,1-2H3,(H,18,20). The summed E-state index contributed by atoms with van der Waals surface area (Å²) in [5, 5.41) is 2.96. The van der Waals surface area contributed by atoms with E-state index in [4.69, 9.17) is 5.73 Å². The molecule has 0 radical (unpaired) electrons. The van der Waals surface area contributed by atoms with E-state index in [1.165, 1.54) is 0 Å². The Kier molecular flexibility index (Phi) is 5.15. The van der Waals surface area contributed by atoms with Crippen LogP contribution in [0.5, 0.6) is 0 Å². The first-order valence-corrected chi connectivity index (χ1v) is 7.39. The summed E-state index contributed by atoms with van der Waals surface area (Å²) in [6, 6.07) is 8.15. The number of hydrogen-bond donors (Lipinski definition) is 2. The summed E-state index contributed by atoms with van der Waals surface area (Å²) in [5.41, 5.74) is 7.96. The molecule has 0 bridgehead atoms. The van der Waals surface area contributed by atoms with Gasteiger partial charge in [-0.05, 0) is 63.4 Å². The van der Waals surface area contributed by atoms with Crippen LogP contribution in [0, 0.1) is 12.8 Å². The first kappa shape index (κ1) is 15.0. The predicted octanol–water partition coefficient (Wildman–Crippen LogP) is 1.99. The predicted molar refractivity (Wildman–Crippen MR) is 82.6 cm³/mol. The monoisotopic (exact) mass is 275 g/mol. The summed E-state index contributed by atoms with van der Waals surface area (Å²) in [7, 11) is 0. The molecule has 1 aliphatic rings. The molecule has 2 rings (SSSR count). The molecule has 3 N–H and O–H groups in total. The van der Waals surface area contributed by atoms with Crippen molar-refractivity contribution in [3.63, 3.8) is 0 Å². The highest BCUT2D eigenvalue weighted by molar-refractivity contribution is 5.92. The maximum absolute atomic E-state index is 12.0. The zero-order valence-corrected chi connectivity index (χ0v) is 12.4. The Bertz CT molecular complexity index is 451. The molecule has 0 aliphatic carbocycles. The largest absolute Gasteiger partial charge is 0.328 e. The highest BCUT2D eigenvalue weighted by Crippen LogP contribution is 2.19. The van der Waals surface area contributed by atoms with Crippen LogP contribution in [0.15, 0.2) is 24.3 Å². The van der Waals surface area contributed by atoms with E-state index >= 15 is 0 Å². The molecule has 1 aliphatic heterocycles. The van der Waals surface area contributed by atoms with Crippen molar-refractivity contribution in [3.8, 4) is 0 Å². The second-order valence-electron chi connectivity index (χ2n) is 5.89. The molecule has 1 saturated heterocycles. The number of anilines is 1. The minimum atomic E-state index is 0.0647. The van der Waals surface area contributed by atoms with Crippen LogP contribution in [0.3, 0.4) is 0 Å². The molecule has 1 atom stereocenters. The van der Waals surface area contributed by atoms with Crippen LogP contribution in [0.2, 0.25) is 0 Å². The Morgan fingerprint density at radius 1 is 1.45 bits per heavy atom. The number of nitrogens with one attached hydrogen (secondary N) is 1. The molecule has 1 unspecified atom stereocenters. The zero-order valence-electron chi connectivity index (χ0n) is 12.4. The molecule has 0 saturated carbocycles. The van der Waals surface area contributed by atoms with Crippen LogP contribution in [0.4, 0.5) is 5.69 Å². The van der Waals surface area contributed by atoms with Crippen LogP contribution in [0.1, 0.15) is 25.3 Å². The van der Waals surface area contributed by atoms with Crippen LogP contribution in [0.25, 0.3) is 0 Å². The molecule has 4 heteroatoms. The number of nitrogens with zero attached hydrogens (tertiary/aromatic N) is 1. The lowest BCUT2D eigenvalue weighted by Gasteiger charge is -2.33. The van der Waals surface area contributed by atoms with Gasteiger partial charge < -0.3 is 11.1 Å². The molecule has 1 amide bonds. The highest BCUT2D eigenvalue weighted by Gasteiger charge is 2.22. The molecule has 1 fully saturated rings. The number of carbonyl (C=O) groups is 1. The molecule has 1 aromatic carbocycles. The Morgan fingerprint density at radius 2 is 2.15 bits per heavy atom. The van der Waals surface area contributed by atoms with Gasteiger partial charge in [0.1, 0.15) is 0 Å². The van der Waals surface area contributed by atoms with Gasteiger partial charge in [-0.2, -0.15) is 0 Å². The molecule has 20 heavy (non-hydrogen) atoms. The highest BCUT2D eigenvalue weighted by atomic mass is 16.2. The van der Waals surface area contributed by atoms with E-state index in [1.807, 2.05) is 31.2 Å². The van der Waals surface area contributed by atoms with Crippen LogP contribution in [-0.2, 0) is 4.79 Å². The number of benzene rings is 1. The van der Waals surface area contributed by atoms with Gasteiger partial charge in [0.2, 0.25) is 5.91 Å². The summed E-state index contributed by atoms with van der Waals surface area (Å²) in [6.07, 6.45) is 2.19. The molecule has 1 heterocycles. The normalized spacial score (nSPS) is 18.8. The number of piperidine rings is 1. The molecule has 1 aromatic rings. The van der Waals surface area contributed by atoms with Crippen LogP contribution >= 0.6 is 0 Å². The van der Waals surface area contributed by atoms with E-state index in [9.17, 15) is 4.79 Å². The molecular weight excluding hydrogens is 250 g/mol. The molecule has 110 valence electrons. The SMILES string of the molecule is Cc1cccc(NC(=O)CN2CCC(C(C)N)CC2)c1. The lowest BCUT2D eigenvalue weighted by atomic mass is 9.91. The minimum Gasteiger partial charge on any atom is -0.328 e. The van der Waals surface area contributed by atoms with Crippen molar-refractivity contribution < 1.29 is 4.79 Å².